The second-order valence-electron chi connectivity index (χ2n) is 7.45. The molecule has 0 unspecified atom stereocenters. The summed E-state index contributed by atoms with van der Waals surface area (Å²) in [6, 6.07) is 21.8. The number of rotatable bonds is 4. The molecule has 0 saturated carbocycles. The van der Waals surface area contributed by atoms with E-state index in [9.17, 15) is 9.90 Å². The van der Waals surface area contributed by atoms with Crippen LogP contribution < -0.4 is 4.90 Å². The van der Waals surface area contributed by atoms with Gasteiger partial charge in [0.2, 0.25) is 0 Å². The van der Waals surface area contributed by atoms with Crippen molar-refractivity contribution in [2.75, 3.05) is 24.5 Å². The number of aliphatic hydroxyl groups is 1. The van der Waals surface area contributed by atoms with Gasteiger partial charge in [-0.3, -0.25) is 4.79 Å². The molecule has 0 spiro atoms. The van der Waals surface area contributed by atoms with Gasteiger partial charge in [-0.25, -0.2) is 0 Å². The van der Waals surface area contributed by atoms with Gasteiger partial charge in [0.25, 0.3) is 5.91 Å². The van der Waals surface area contributed by atoms with Gasteiger partial charge in [0.15, 0.2) is 6.10 Å². The van der Waals surface area contributed by atoms with Gasteiger partial charge in [-0.05, 0) is 41.5 Å². The maximum absolute atomic E-state index is 13.1. The lowest BCUT2D eigenvalue weighted by Gasteiger charge is -2.44. The normalized spacial score (nSPS) is 17.5. The van der Waals surface area contributed by atoms with Crippen LogP contribution in [0.3, 0.4) is 0 Å². The van der Waals surface area contributed by atoms with Crippen molar-refractivity contribution < 1.29 is 9.90 Å². The monoisotopic (exact) mass is 474 g/mol. The Hall–Kier alpha value is -2.24. The maximum atomic E-state index is 13.1. The van der Waals surface area contributed by atoms with E-state index in [0.29, 0.717) is 40.3 Å². The Bertz CT molecular complexity index is 1060. The van der Waals surface area contributed by atoms with Gasteiger partial charge in [0.05, 0.1) is 16.8 Å². The van der Waals surface area contributed by atoms with Crippen molar-refractivity contribution >= 4 is 46.4 Å². The summed E-state index contributed by atoms with van der Waals surface area (Å²) in [6.07, 6.45) is -1.20. The molecular formula is C24H21Cl3N2O2. The predicted molar refractivity (Wildman–Crippen MR) is 126 cm³/mol. The molecule has 160 valence electrons. The molecule has 1 amide bonds. The van der Waals surface area contributed by atoms with Crippen LogP contribution >= 0.6 is 34.8 Å². The molecule has 1 N–H and O–H groups in total. The minimum Gasteiger partial charge on any atom is -0.378 e. The fourth-order valence-corrected chi connectivity index (χ4v) is 4.55. The number of nitrogens with zero attached hydrogens (tertiary/aromatic N) is 2. The number of aliphatic hydroxyl groups excluding tert-OH is 1. The summed E-state index contributed by atoms with van der Waals surface area (Å²) in [7, 11) is 0. The van der Waals surface area contributed by atoms with E-state index in [1.807, 2.05) is 48.5 Å². The molecule has 4 rings (SSSR count). The molecule has 0 radical (unpaired) electrons. The van der Waals surface area contributed by atoms with Crippen LogP contribution in [0.5, 0.6) is 0 Å². The minimum absolute atomic E-state index is 0.156. The Morgan fingerprint density at radius 1 is 0.903 bits per heavy atom. The Balaban J connectivity index is 1.64. The Labute approximate surface area is 196 Å². The van der Waals surface area contributed by atoms with E-state index in [1.54, 1.807) is 29.2 Å². The van der Waals surface area contributed by atoms with Crippen molar-refractivity contribution in [1.82, 2.24) is 4.90 Å². The minimum atomic E-state index is -1.20. The predicted octanol–water partition coefficient (Wildman–Crippen LogP) is 5.77. The number of halogens is 3. The van der Waals surface area contributed by atoms with Crippen molar-refractivity contribution in [2.45, 2.75) is 12.1 Å². The molecule has 3 aromatic rings. The Morgan fingerprint density at radius 3 is 2.26 bits per heavy atom. The van der Waals surface area contributed by atoms with Crippen LogP contribution in [0.15, 0.2) is 72.8 Å². The number of carbonyl (C=O) groups is 1. The number of amides is 1. The van der Waals surface area contributed by atoms with Crippen molar-refractivity contribution in [2.24, 2.45) is 0 Å². The maximum Gasteiger partial charge on any atom is 0.256 e. The zero-order valence-electron chi connectivity index (χ0n) is 16.6. The molecule has 1 saturated heterocycles. The van der Waals surface area contributed by atoms with Crippen molar-refractivity contribution in [3.05, 3.63) is 99.0 Å². The van der Waals surface area contributed by atoms with E-state index in [0.717, 1.165) is 11.3 Å². The van der Waals surface area contributed by atoms with E-state index >= 15 is 0 Å². The average molecular weight is 476 g/mol. The van der Waals surface area contributed by atoms with Gasteiger partial charge in [0, 0.05) is 29.7 Å². The summed E-state index contributed by atoms with van der Waals surface area (Å²) >= 11 is 18.7. The third kappa shape index (κ3) is 4.83. The first-order valence-electron chi connectivity index (χ1n) is 9.93. The standard InChI is InChI=1S/C24H21Cl3N2O2/c25-18-8-6-16(7-9-18)22-15-28(24(31)23(30)17-4-2-1-3-5-17)12-13-29(22)21-11-10-19(26)14-20(21)27/h1-11,14,22-23,30H,12-13,15H2/t22-,23+/m0/s1. The van der Waals surface area contributed by atoms with Gasteiger partial charge in [-0.2, -0.15) is 0 Å². The van der Waals surface area contributed by atoms with Crippen LogP contribution in [-0.4, -0.2) is 35.5 Å². The van der Waals surface area contributed by atoms with Gasteiger partial charge in [-0.1, -0.05) is 77.3 Å². The van der Waals surface area contributed by atoms with E-state index in [1.165, 1.54) is 0 Å². The third-order valence-corrected chi connectivity index (χ3v) is 6.31. The van der Waals surface area contributed by atoms with E-state index in [4.69, 9.17) is 34.8 Å². The first-order chi connectivity index (χ1) is 14.9. The SMILES string of the molecule is O=C([C@H](O)c1ccccc1)N1CCN(c2ccc(Cl)cc2Cl)[C@H](c2ccc(Cl)cc2)C1. The molecule has 1 aliphatic heterocycles. The summed E-state index contributed by atoms with van der Waals surface area (Å²) in [5.41, 5.74) is 2.43. The first kappa shape index (κ1) is 22.0. The molecule has 0 aliphatic carbocycles. The summed E-state index contributed by atoms with van der Waals surface area (Å²) in [5.74, 6) is -0.313. The Kier molecular flexibility index (Phi) is 6.73. The fraction of sp³-hybridized carbons (Fsp3) is 0.208. The molecule has 1 aliphatic rings. The van der Waals surface area contributed by atoms with Gasteiger partial charge >= 0.3 is 0 Å². The average Bonchev–Trinajstić information content (AvgIpc) is 2.79. The fourth-order valence-electron chi connectivity index (χ4n) is 3.91. The number of piperazine rings is 1. The molecule has 7 heteroatoms. The molecule has 2 atom stereocenters. The molecular weight excluding hydrogens is 455 g/mol. The summed E-state index contributed by atoms with van der Waals surface area (Å²) < 4.78 is 0. The smallest absolute Gasteiger partial charge is 0.256 e. The van der Waals surface area contributed by atoms with E-state index in [-0.39, 0.29) is 11.9 Å². The van der Waals surface area contributed by atoms with Crippen LogP contribution in [0.2, 0.25) is 15.1 Å². The zero-order chi connectivity index (χ0) is 22.0. The largest absolute Gasteiger partial charge is 0.378 e. The molecule has 1 fully saturated rings. The van der Waals surface area contributed by atoms with Crippen molar-refractivity contribution in [1.29, 1.82) is 0 Å². The lowest BCUT2D eigenvalue weighted by molar-refractivity contribution is -0.141. The topological polar surface area (TPSA) is 43.8 Å². The number of carbonyl (C=O) groups excluding carboxylic acids is 1. The van der Waals surface area contributed by atoms with E-state index < -0.39 is 6.10 Å². The highest BCUT2D eigenvalue weighted by molar-refractivity contribution is 6.36. The summed E-state index contributed by atoms with van der Waals surface area (Å²) in [5, 5.41) is 12.4. The van der Waals surface area contributed by atoms with Crippen LogP contribution in [0, 0.1) is 0 Å². The quantitative estimate of drug-likeness (QED) is 0.521. The molecule has 0 bridgehead atoms. The van der Waals surface area contributed by atoms with Gasteiger partial charge in [-0.15, -0.1) is 0 Å². The summed E-state index contributed by atoms with van der Waals surface area (Å²) in [4.78, 5) is 16.9. The lowest BCUT2D eigenvalue weighted by atomic mass is 10.00. The number of hydrogen-bond donors (Lipinski definition) is 1. The zero-order valence-corrected chi connectivity index (χ0v) is 18.9. The highest BCUT2D eigenvalue weighted by Gasteiger charge is 2.34. The molecule has 31 heavy (non-hydrogen) atoms. The number of benzene rings is 3. The van der Waals surface area contributed by atoms with Crippen LogP contribution in [0.1, 0.15) is 23.3 Å². The Morgan fingerprint density at radius 2 is 1.58 bits per heavy atom. The van der Waals surface area contributed by atoms with Gasteiger partial charge < -0.3 is 14.9 Å². The molecule has 0 aromatic heterocycles. The third-order valence-electron chi connectivity index (χ3n) is 5.52. The van der Waals surface area contributed by atoms with E-state index in [2.05, 4.69) is 4.90 Å². The van der Waals surface area contributed by atoms with Crippen molar-refractivity contribution in [3.63, 3.8) is 0 Å². The van der Waals surface area contributed by atoms with Gasteiger partial charge in [0.1, 0.15) is 0 Å². The second kappa shape index (κ2) is 9.49. The first-order valence-corrected chi connectivity index (χ1v) is 11.1. The number of anilines is 1. The molecule has 1 heterocycles. The number of hydrogen-bond acceptors (Lipinski definition) is 3. The van der Waals surface area contributed by atoms with Crippen molar-refractivity contribution in [3.8, 4) is 0 Å². The lowest BCUT2D eigenvalue weighted by Crippen LogP contribution is -2.51. The second-order valence-corrected chi connectivity index (χ2v) is 8.73. The molecule has 4 nitrogen and oxygen atoms in total. The van der Waals surface area contributed by atoms with Crippen LogP contribution in [-0.2, 0) is 4.79 Å². The highest BCUT2D eigenvalue weighted by atomic mass is 35.5. The van der Waals surface area contributed by atoms with Crippen LogP contribution in [0.4, 0.5) is 5.69 Å². The highest BCUT2D eigenvalue weighted by Crippen LogP contribution is 2.37. The summed E-state index contributed by atoms with van der Waals surface area (Å²) in [6.45, 7) is 1.43. The van der Waals surface area contributed by atoms with Crippen LogP contribution in [0.25, 0.3) is 0 Å². The molecule has 3 aromatic carbocycles.